The van der Waals surface area contributed by atoms with Gasteiger partial charge in [-0.25, -0.2) is 9.79 Å². The molecule has 0 bridgehead atoms. The van der Waals surface area contributed by atoms with Crippen molar-refractivity contribution in [2.75, 3.05) is 6.61 Å². The molecule has 3 rings (SSSR count). The zero-order valence-electron chi connectivity index (χ0n) is 15.0. The Morgan fingerprint density at radius 1 is 1.11 bits per heavy atom. The van der Waals surface area contributed by atoms with Gasteiger partial charge in [0.15, 0.2) is 0 Å². The molecule has 2 aromatic carbocycles. The standard InChI is InChI=1S/C21H19NO4S/c1-3-26-21(25)18-19(24)17(12-14-6-10-16(23)11-7-14)27-20(18)22-15-8-4-13(2)5-9-15/h4-12,23-24H,3H2,1-2H3/b17-12+,22-20?. The molecule has 0 atom stereocenters. The van der Waals surface area contributed by atoms with Crippen LogP contribution in [0, 0.1) is 6.92 Å². The second-order valence-electron chi connectivity index (χ2n) is 5.90. The van der Waals surface area contributed by atoms with Gasteiger partial charge in [-0.1, -0.05) is 41.6 Å². The number of thioether (sulfide) groups is 1. The Hall–Kier alpha value is -2.99. The maximum atomic E-state index is 12.4. The van der Waals surface area contributed by atoms with E-state index in [0.717, 1.165) is 11.1 Å². The minimum absolute atomic E-state index is 0.0625. The number of aliphatic imine (C=N–C) groups is 1. The Morgan fingerprint density at radius 2 is 1.78 bits per heavy atom. The predicted molar refractivity (Wildman–Crippen MR) is 108 cm³/mol. The Balaban J connectivity index is 2.02. The average Bonchev–Trinajstić information content (AvgIpc) is 2.94. The fraction of sp³-hybridized carbons (Fsp3) is 0.143. The van der Waals surface area contributed by atoms with Gasteiger partial charge < -0.3 is 14.9 Å². The van der Waals surface area contributed by atoms with Crippen molar-refractivity contribution in [3.05, 3.63) is 75.9 Å². The molecule has 0 saturated heterocycles. The summed E-state index contributed by atoms with van der Waals surface area (Å²) in [5.41, 5.74) is 2.63. The van der Waals surface area contributed by atoms with Crippen LogP contribution in [-0.2, 0) is 9.53 Å². The summed E-state index contributed by atoms with van der Waals surface area (Å²) in [6, 6.07) is 14.1. The maximum absolute atomic E-state index is 12.4. The number of aliphatic hydroxyl groups excluding tert-OH is 1. The molecule has 0 radical (unpaired) electrons. The molecule has 6 heteroatoms. The summed E-state index contributed by atoms with van der Waals surface area (Å²) in [4.78, 5) is 17.4. The van der Waals surface area contributed by atoms with Gasteiger partial charge in [0.2, 0.25) is 0 Å². The Bertz CT molecular complexity index is 941. The van der Waals surface area contributed by atoms with E-state index in [1.54, 1.807) is 37.3 Å². The summed E-state index contributed by atoms with van der Waals surface area (Å²) < 4.78 is 5.09. The van der Waals surface area contributed by atoms with Crippen molar-refractivity contribution in [2.45, 2.75) is 13.8 Å². The first-order chi connectivity index (χ1) is 13.0. The van der Waals surface area contributed by atoms with Crippen molar-refractivity contribution >= 4 is 34.5 Å². The van der Waals surface area contributed by atoms with Crippen molar-refractivity contribution in [2.24, 2.45) is 4.99 Å². The fourth-order valence-corrected chi connectivity index (χ4v) is 3.49. The second-order valence-corrected chi connectivity index (χ2v) is 6.93. The lowest BCUT2D eigenvalue weighted by atomic mass is 10.1. The van der Waals surface area contributed by atoms with E-state index >= 15 is 0 Å². The summed E-state index contributed by atoms with van der Waals surface area (Å²) in [6.07, 6.45) is 1.73. The number of carbonyl (C=O) groups excluding carboxylic acids is 1. The number of aryl methyl sites for hydroxylation is 1. The highest BCUT2D eigenvalue weighted by Gasteiger charge is 2.33. The molecule has 0 spiro atoms. The summed E-state index contributed by atoms with van der Waals surface area (Å²) in [5, 5.41) is 20.4. The maximum Gasteiger partial charge on any atom is 0.344 e. The first-order valence-corrected chi connectivity index (χ1v) is 9.24. The number of aromatic hydroxyl groups is 1. The summed E-state index contributed by atoms with van der Waals surface area (Å²) in [7, 11) is 0. The molecule has 2 N–H and O–H groups in total. The third kappa shape index (κ3) is 4.41. The zero-order valence-corrected chi connectivity index (χ0v) is 15.8. The molecule has 0 unspecified atom stereocenters. The van der Waals surface area contributed by atoms with Gasteiger partial charge in [0, 0.05) is 0 Å². The van der Waals surface area contributed by atoms with Crippen molar-refractivity contribution in [3.8, 4) is 5.75 Å². The van der Waals surface area contributed by atoms with E-state index in [9.17, 15) is 15.0 Å². The Labute approximate surface area is 161 Å². The number of benzene rings is 2. The van der Waals surface area contributed by atoms with E-state index in [1.165, 1.54) is 11.8 Å². The van der Waals surface area contributed by atoms with Crippen LogP contribution in [0.1, 0.15) is 18.1 Å². The van der Waals surface area contributed by atoms with Gasteiger partial charge in [0.25, 0.3) is 0 Å². The van der Waals surface area contributed by atoms with Crippen LogP contribution >= 0.6 is 11.8 Å². The highest BCUT2D eigenvalue weighted by atomic mass is 32.2. The monoisotopic (exact) mass is 381 g/mol. The molecule has 0 amide bonds. The van der Waals surface area contributed by atoms with Crippen LogP contribution < -0.4 is 0 Å². The van der Waals surface area contributed by atoms with Crippen LogP contribution in [0.25, 0.3) is 6.08 Å². The van der Waals surface area contributed by atoms with Crippen molar-refractivity contribution in [3.63, 3.8) is 0 Å². The normalized spacial score (nSPS) is 17.0. The summed E-state index contributed by atoms with van der Waals surface area (Å²) in [5.74, 6) is -0.607. The molecule has 27 heavy (non-hydrogen) atoms. The van der Waals surface area contributed by atoms with E-state index in [4.69, 9.17) is 4.74 Å². The molecule has 0 aliphatic carbocycles. The number of ether oxygens (including phenoxy) is 1. The SMILES string of the molecule is CCOC(=O)C1=C(O)/C(=C\c2ccc(O)cc2)SC1=Nc1ccc(C)cc1. The quantitative estimate of drug-likeness (QED) is 0.737. The molecule has 138 valence electrons. The summed E-state index contributed by atoms with van der Waals surface area (Å²) >= 11 is 1.20. The molecular formula is C21H19NO4S. The van der Waals surface area contributed by atoms with Crippen LogP contribution in [-0.4, -0.2) is 27.8 Å². The highest BCUT2D eigenvalue weighted by Crippen LogP contribution is 2.40. The molecule has 0 saturated carbocycles. The molecule has 1 aliphatic heterocycles. The zero-order chi connectivity index (χ0) is 19.4. The minimum Gasteiger partial charge on any atom is -0.508 e. The van der Waals surface area contributed by atoms with Crippen molar-refractivity contribution in [1.82, 2.24) is 0 Å². The van der Waals surface area contributed by atoms with E-state index in [2.05, 4.69) is 4.99 Å². The van der Waals surface area contributed by atoms with E-state index in [0.29, 0.717) is 15.6 Å². The number of carbonyl (C=O) groups is 1. The molecule has 5 nitrogen and oxygen atoms in total. The fourth-order valence-electron chi connectivity index (χ4n) is 2.45. The van der Waals surface area contributed by atoms with E-state index < -0.39 is 5.97 Å². The topological polar surface area (TPSA) is 79.1 Å². The number of hydrogen-bond donors (Lipinski definition) is 2. The first-order valence-electron chi connectivity index (χ1n) is 8.43. The Morgan fingerprint density at radius 3 is 2.41 bits per heavy atom. The number of nitrogens with zero attached hydrogens (tertiary/aromatic N) is 1. The molecular weight excluding hydrogens is 362 g/mol. The molecule has 2 aromatic rings. The van der Waals surface area contributed by atoms with Crippen LogP contribution in [0.3, 0.4) is 0 Å². The van der Waals surface area contributed by atoms with Crippen LogP contribution in [0.2, 0.25) is 0 Å². The highest BCUT2D eigenvalue weighted by molar-refractivity contribution is 8.18. The van der Waals surface area contributed by atoms with Crippen molar-refractivity contribution < 1.29 is 19.7 Å². The third-order valence-electron chi connectivity index (χ3n) is 3.83. The third-order valence-corrected chi connectivity index (χ3v) is 4.85. The van der Waals surface area contributed by atoms with Crippen molar-refractivity contribution in [1.29, 1.82) is 0 Å². The van der Waals surface area contributed by atoms with Gasteiger partial charge in [-0.05, 0) is 49.8 Å². The molecule has 1 heterocycles. The smallest absolute Gasteiger partial charge is 0.344 e. The second kappa shape index (κ2) is 8.14. The predicted octanol–water partition coefficient (Wildman–Crippen LogP) is 4.89. The van der Waals surface area contributed by atoms with Crippen LogP contribution in [0.5, 0.6) is 5.75 Å². The van der Waals surface area contributed by atoms with Gasteiger partial charge in [-0.3, -0.25) is 0 Å². The van der Waals surface area contributed by atoms with E-state index in [-0.39, 0.29) is 23.7 Å². The van der Waals surface area contributed by atoms with Gasteiger partial charge in [-0.15, -0.1) is 0 Å². The number of phenols is 1. The number of aliphatic hydroxyl groups is 1. The number of esters is 1. The van der Waals surface area contributed by atoms with E-state index in [1.807, 2.05) is 31.2 Å². The lowest BCUT2D eigenvalue weighted by Gasteiger charge is -2.04. The molecule has 0 aromatic heterocycles. The van der Waals surface area contributed by atoms with Crippen LogP contribution in [0.15, 0.2) is 69.8 Å². The lowest BCUT2D eigenvalue weighted by molar-refractivity contribution is -0.138. The number of phenolic OH excluding ortho intramolecular Hbond substituents is 1. The van der Waals surface area contributed by atoms with Gasteiger partial charge in [-0.2, -0.15) is 0 Å². The largest absolute Gasteiger partial charge is 0.508 e. The summed E-state index contributed by atoms with van der Waals surface area (Å²) in [6.45, 7) is 3.90. The van der Waals surface area contributed by atoms with Crippen LogP contribution in [0.4, 0.5) is 5.69 Å². The first kappa shape index (κ1) is 18.8. The number of rotatable bonds is 4. The average molecular weight is 381 g/mol. The molecule has 1 aliphatic rings. The van der Waals surface area contributed by atoms with Gasteiger partial charge in [0.1, 0.15) is 22.1 Å². The lowest BCUT2D eigenvalue weighted by Crippen LogP contribution is -2.12. The Kier molecular flexibility index (Phi) is 5.66. The molecule has 0 fully saturated rings. The number of hydrogen-bond acceptors (Lipinski definition) is 6. The van der Waals surface area contributed by atoms with Gasteiger partial charge >= 0.3 is 5.97 Å². The van der Waals surface area contributed by atoms with Gasteiger partial charge in [0.05, 0.1) is 17.2 Å². The minimum atomic E-state index is -0.609.